The zero-order valence-corrected chi connectivity index (χ0v) is 13.9. The topological polar surface area (TPSA) is 44.4 Å². The maximum atomic E-state index is 12.3. The summed E-state index contributed by atoms with van der Waals surface area (Å²) in [4.78, 5) is 14.2. The van der Waals surface area contributed by atoms with Crippen LogP contribution in [-0.4, -0.2) is 41.6 Å². The van der Waals surface area contributed by atoms with Crippen LogP contribution in [0.5, 0.6) is 0 Å². The number of urea groups is 1. The van der Waals surface area contributed by atoms with Crippen molar-refractivity contribution < 1.29 is 4.79 Å². The summed E-state index contributed by atoms with van der Waals surface area (Å²) in [5.74, 6) is 2.05. The van der Waals surface area contributed by atoms with Gasteiger partial charge in [-0.15, -0.1) is 0 Å². The first kappa shape index (κ1) is 16.2. The largest absolute Gasteiger partial charge is 0.322 e. The number of benzene rings is 1. The van der Waals surface area contributed by atoms with Crippen molar-refractivity contribution >= 4 is 23.5 Å². The average Bonchev–Trinajstić information content (AvgIpc) is 2.48. The van der Waals surface area contributed by atoms with Crippen LogP contribution in [0.3, 0.4) is 0 Å². The Hall–Kier alpha value is -1.20. The Bertz CT molecular complexity index is 463. The van der Waals surface area contributed by atoms with Gasteiger partial charge in [0.05, 0.1) is 0 Å². The normalized spacial score (nSPS) is 20.1. The number of hydrogen-bond acceptors (Lipinski definition) is 3. The Kier molecular flexibility index (Phi) is 5.94. The van der Waals surface area contributed by atoms with Gasteiger partial charge in [-0.1, -0.05) is 19.1 Å². The lowest BCUT2D eigenvalue weighted by molar-refractivity contribution is 0.200. The van der Waals surface area contributed by atoms with Gasteiger partial charge in [0.1, 0.15) is 0 Å². The van der Waals surface area contributed by atoms with Crippen molar-refractivity contribution in [3.05, 3.63) is 29.8 Å². The van der Waals surface area contributed by atoms with Gasteiger partial charge in [-0.2, -0.15) is 11.8 Å². The smallest absolute Gasteiger partial charge is 0.320 e. The van der Waals surface area contributed by atoms with Crippen molar-refractivity contribution in [3.63, 3.8) is 0 Å². The minimum atomic E-state index is 0.00952. The van der Waals surface area contributed by atoms with Crippen LogP contribution in [0.2, 0.25) is 0 Å². The number of amides is 2. The number of carbonyl (C=O) groups is 1. The minimum Gasteiger partial charge on any atom is -0.320 e. The fraction of sp³-hybridized carbons (Fsp3) is 0.562. The van der Waals surface area contributed by atoms with E-state index in [-0.39, 0.29) is 6.03 Å². The van der Waals surface area contributed by atoms with Gasteiger partial charge in [0.2, 0.25) is 0 Å². The molecule has 1 aromatic carbocycles. The lowest BCUT2D eigenvalue weighted by Gasteiger charge is -2.33. The quantitative estimate of drug-likeness (QED) is 0.897. The van der Waals surface area contributed by atoms with Crippen molar-refractivity contribution in [1.29, 1.82) is 0 Å². The van der Waals surface area contributed by atoms with Crippen LogP contribution in [-0.2, 0) is 0 Å². The summed E-state index contributed by atoms with van der Waals surface area (Å²) >= 11 is 1.91. The average molecular weight is 307 g/mol. The molecule has 4 nitrogen and oxygen atoms in total. The van der Waals surface area contributed by atoms with Crippen LogP contribution in [0.25, 0.3) is 0 Å². The van der Waals surface area contributed by atoms with Crippen LogP contribution >= 0.6 is 11.8 Å². The monoisotopic (exact) mass is 307 g/mol. The summed E-state index contributed by atoms with van der Waals surface area (Å²) in [6, 6.07) is 8.73. The molecular weight excluding hydrogens is 282 g/mol. The van der Waals surface area contributed by atoms with Gasteiger partial charge in [-0.05, 0) is 38.1 Å². The lowest BCUT2D eigenvalue weighted by Crippen LogP contribution is -2.46. The standard InChI is InChI=1S/C16H25N3OS/c1-4-17-13(3)14-5-7-15(8-6-14)18-16(20)19-9-10-21-11-12(19)2/h5-8,12-13,17H,4,9-11H2,1-3H3,(H,18,20). The highest BCUT2D eigenvalue weighted by Gasteiger charge is 2.23. The highest BCUT2D eigenvalue weighted by molar-refractivity contribution is 7.99. The van der Waals surface area contributed by atoms with E-state index in [0.717, 1.165) is 30.3 Å². The fourth-order valence-electron chi connectivity index (χ4n) is 2.50. The maximum Gasteiger partial charge on any atom is 0.322 e. The highest BCUT2D eigenvalue weighted by Crippen LogP contribution is 2.19. The van der Waals surface area contributed by atoms with Gasteiger partial charge in [-0.25, -0.2) is 4.79 Å². The van der Waals surface area contributed by atoms with Crippen molar-refractivity contribution in [2.45, 2.75) is 32.9 Å². The van der Waals surface area contributed by atoms with Crippen molar-refractivity contribution in [3.8, 4) is 0 Å². The van der Waals surface area contributed by atoms with Crippen LogP contribution in [0.4, 0.5) is 10.5 Å². The van der Waals surface area contributed by atoms with Crippen LogP contribution < -0.4 is 10.6 Å². The Balaban J connectivity index is 1.95. The fourth-order valence-corrected chi connectivity index (χ4v) is 3.52. The Labute approximate surface area is 131 Å². The third-order valence-corrected chi connectivity index (χ3v) is 4.99. The molecular formula is C16H25N3OS. The van der Waals surface area contributed by atoms with E-state index in [1.807, 2.05) is 28.8 Å². The third kappa shape index (κ3) is 4.38. The molecule has 0 spiro atoms. The predicted octanol–water partition coefficient (Wildman–Crippen LogP) is 3.33. The molecule has 1 aromatic rings. The van der Waals surface area contributed by atoms with Crippen molar-refractivity contribution in [2.75, 3.05) is 29.9 Å². The van der Waals surface area contributed by atoms with Gasteiger partial charge >= 0.3 is 6.03 Å². The van der Waals surface area contributed by atoms with E-state index in [1.54, 1.807) is 0 Å². The van der Waals surface area contributed by atoms with E-state index < -0.39 is 0 Å². The first-order valence-corrected chi connectivity index (χ1v) is 8.76. The number of hydrogen-bond donors (Lipinski definition) is 2. The van der Waals surface area contributed by atoms with E-state index in [2.05, 4.69) is 43.5 Å². The molecule has 0 aromatic heterocycles. The minimum absolute atomic E-state index is 0.00952. The molecule has 5 heteroatoms. The molecule has 0 bridgehead atoms. The first-order chi connectivity index (χ1) is 10.1. The van der Waals surface area contributed by atoms with E-state index in [4.69, 9.17) is 0 Å². The Morgan fingerprint density at radius 3 is 2.76 bits per heavy atom. The number of rotatable bonds is 4. The van der Waals surface area contributed by atoms with E-state index in [0.29, 0.717) is 12.1 Å². The summed E-state index contributed by atoms with van der Waals surface area (Å²) in [5.41, 5.74) is 2.09. The zero-order valence-electron chi connectivity index (χ0n) is 13.1. The van der Waals surface area contributed by atoms with E-state index >= 15 is 0 Å². The molecule has 2 rings (SSSR count). The van der Waals surface area contributed by atoms with Gasteiger partial charge in [-0.3, -0.25) is 0 Å². The van der Waals surface area contributed by atoms with E-state index in [1.165, 1.54) is 5.56 Å². The molecule has 0 radical (unpaired) electrons. The molecule has 116 valence electrons. The predicted molar refractivity (Wildman–Crippen MR) is 91.0 cm³/mol. The third-order valence-electron chi connectivity index (χ3n) is 3.80. The molecule has 1 heterocycles. The molecule has 0 aliphatic carbocycles. The first-order valence-electron chi connectivity index (χ1n) is 7.60. The maximum absolute atomic E-state index is 12.3. The Morgan fingerprint density at radius 2 is 2.14 bits per heavy atom. The molecule has 2 N–H and O–H groups in total. The lowest BCUT2D eigenvalue weighted by atomic mass is 10.1. The van der Waals surface area contributed by atoms with Crippen LogP contribution in [0.1, 0.15) is 32.4 Å². The summed E-state index contributed by atoms with van der Waals surface area (Å²) in [6.45, 7) is 8.12. The molecule has 1 aliphatic heterocycles. The van der Waals surface area contributed by atoms with Gasteiger partial charge in [0.25, 0.3) is 0 Å². The van der Waals surface area contributed by atoms with Crippen molar-refractivity contribution in [1.82, 2.24) is 10.2 Å². The molecule has 1 aliphatic rings. The summed E-state index contributed by atoms with van der Waals surface area (Å²) in [5, 5.41) is 6.38. The molecule has 2 amide bonds. The second kappa shape index (κ2) is 7.71. The number of carbonyl (C=O) groups excluding carboxylic acids is 1. The number of thioether (sulfide) groups is 1. The molecule has 2 atom stereocenters. The van der Waals surface area contributed by atoms with Crippen LogP contribution in [0.15, 0.2) is 24.3 Å². The number of anilines is 1. The molecule has 0 saturated carbocycles. The second-order valence-corrected chi connectivity index (χ2v) is 6.60. The summed E-state index contributed by atoms with van der Waals surface area (Å²) in [6.07, 6.45) is 0. The SMILES string of the molecule is CCNC(C)c1ccc(NC(=O)N2CCSCC2C)cc1. The number of nitrogens with zero attached hydrogens (tertiary/aromatic N) is 1. The molecule has 2 unspecified atom stereocenters. The molecule has 1 fully saturated rings. The van der Waals surface area contributed by atoms with E-state index in [9.17, 15) is 4.79 Å². The molecule has 1 saturated heterocycles. The zero-order chi connectivity index (χ0) is 15.2. The number of nitrogens with one attached hydrogen (secondary N) is 2. The van der Waals surface area contributed by atoms with Gasteiger partial charge in [0, 0.05) is 35.8 Å². The van der Waals surface area contributed by atoms with Gasteiger partial charge < -0.3 is 15.5 Å². The van der Waals surface area contributed by atoms with Gasteiger partial charge in [0.15, 0.2) is 0 Å². The summed E-state index contributed by atoms with van der Waals surface area (Å²) < 4.78 is 0. The highest BCUT2D eigenvalue weighted by atomic mass is 32.2. The second-order valence-electron chi connectivity index (χ2n) is 5.45. The summed E-state index contributed by atoms with van der Waals surface area (Å²) in [7, 11) is 0. The van der Waals surface area contributed by atoms with Crippen molar-refractivity contribution in [2.24, 2.45) is 0 Å². The Morgan fingerprint density at radius 1 is 1.43 bits per heavy atom. The van der Waals surface area contributed by atoms with Crippen LogP contribution in [0, 0.1) is 0 Å². The molecule has 21 heavy (non-hydrogen) atoms.